The van der Waals surface area contributed by atoms with Crippen molar-refractivity contribution in [2.75, 3.05) is 13.1 Å². The Balaban J connectivity index is 1.98. The fourth-order valence-corrected chi connectivity index (χ4v) is 3.11. The van der Waals surface area contributed by atoms with Gasteiger partial charge in [0.05, 0.1) is 5.56 Å². The Hall–Kier alpha value is -0.940. The lowest BCUT2D eigenvalue weighted by atomic mass is 9.77. The summed E-state index contributed by atoms with van der Waals surface area (Å²) in [5, 5.41) is 6.38. The topological polar surface area (TPSA) is 41.1 Å². The van der Waals surface area contributed by atoms with Crippen LogP contribution in [-0.4, -0.2) is 25.0 Å². The number of carbonyl (C=O) groups is 1. The van der Waals surface area contributed by atoms with Crippen molar-refractivity contribution in [2.45, 2.75) is 32.7 Å². The number of rotatable bonds is 3. The van der Waals surface area contributed by atoms with Gasteiger partial charge in [-0.05, 0) is 58.9 Å². The van der Waals surface area contributed by atoms with Crippen LogP contribution in [0, 0.1) is 11.2 Å². The molecular formula is C15H20BrFN2O. The van der Waals surface area contributed by atoms with Crippen LogP contribution in [-0.2, 0) is 0 Å². The van der Waals surface area contributed by atoms with Gasteiger partial charge in [0.1, 0.15) is 5.82 Å². The van der Waals surface area contributed by atoms with Gasteiger partial charge < -0.3 is 10.6 Å². The number of halogens is 2. The Morgan fingerprint density at radius 1 is 1.55 bits per heavy atom. The predicted molar refractivity (Wildman–Crippen MR) is 81.2 cm³/mol. The first-order valence-electron chi connectivity index (χ1n) is 6.87. The third kappa shape index (κ3) is 3.58. The highest BCUT2D eigenvalue weighted by Crippen LogP contribution is 2.29. The van der Waals surface area contributed by atoms with Gasteiger partial charge in [0.15, 0.2) is 0 Å². The molecule has 0 aliphatic carbocycles. The monoisotopic (exact) mass is 342 g/mol. The van der Waals surface area contributed by atoms with Gasteiger partial charge in [-0.25, -0.2) is 4.39 Å². The largest absolute Gasteiger partial charge is 0.350 e. The van der Waals surface area contributed by atoms with Crippen LogP contribution in [0.3, 0.4) is 0 Å². The van der Waals surface area contributed by atoms with Crippen LogP contribution in [0.15, 0.2) is 22.7 Å². The third-order valence-corrected chi connectivity index (χ3v) is 4.63. The molecule has 110 valence electrons. The zero-order valence-electron chi connectivity index (χ0n) is 11.8. The molecular weight excluding hydrogens is 323 g/mol. The molecule has 1 fully saturated rings. The standard InChI is InChI=1S/C15H20BrFN2O/c1-15(2)6-3-7-18-13(15)9-19-14(20)11-5-4-10(17)8-12(11)16/h4-5,8,13,18H,3,6-7,9H2,1-2H3,(H,19,20). The number of amides is 1. The maximum absolute atomic E-state index is 13.0. The number of hydrogen-bond acceptors (Lipinski definition) is 2. The Labute approximate surface area is 127 Å². The second-order valence-electron chi connectivity index (χ2n) is 5.93. The van der Waals surface area contributed by atoms with Crippen molar-refractivity contribution in [1.82, 2.24) is 10.6 Å². The molecule has 1 atom stereocenters. The number of benzene rings is 1. The van der Waals surface area contributed by atoms with Crippen LogP contribution in [0.4, 0.5) is 4.39 Å². The maximum Gasteiger partial charge on any atom is 0.252 e. The molecule has 1 heterocycles. The highest BCUT2D eigenvalue weighted by molar-refractivity contribution is 9.10. The fourth-order valence-electron chi connectivity index (χ4n) is 2.58. The van der Waals surface area contributed by atoms with E-state index in [1.165, 1.54) is 24.6 Å². The minimum atomic E-state index is -0.358. The van der Waals surface area contributed by atoms with Crippen molar-refractivity contribution < 1.29 is 9.18 Å². The van der Waals surface area contributed by atoms with Gasteiger partial charge in [-0.3, -0.25) is 4.79 Å². The summed E-state index contributed by atoms with van der Waals surface area (Å²) in [5.74, 6) is -0.538. The molecule has 5 heteroatoms. The zero-order valence-corrected chi connectivity index (χ0v) is 13.4. The molecule has 2 N–H and O–H groups in total. The number of carbonyl (C=O) groups excluding carboxylic acids is 1. The van der Waals surface area contributed by atoms with E-state index in [9.17, 15) is 9.18 Å². The molecule has 0 saturated carbocycles. The quantitative estimate of drug-likeness (QED) is 0.886. The number of piperidine rings is 1. The molecule has 3 nitrogen and oxygen atoms in total. The van der Waals surface area contributed by atoms with Gasteiger partial charge in [-0.2, -0.15) is 0 Å². The first-order valence-corrected chi connectivity index (χ1v) is 7.66. The normalized spacial score (nSPS) is 21.5. The first kappa shape index (κ1) is 15.4. The minimum Gasteiger partial charge on any atom is -0.350 e. The van der Waals surface area contributed by atoms with E-state index in [1.807, 2.05) is 0 Å². The molecule has 1 aromatic rings. The number of nitrogens with one attached hydrogen (secondary N) is 2. The van der Waals surface area contributed by atoms with E-state index in [0.29, 0.717) is 16.6 Å². The van der Waals surface area contributed by atoms with Crippen LogP contribution in [0.25, 0.3) is 0 Å². The van der Waals surface area contributed by atoms with Gasteiger partial charge in [0, 0.05) is 17.1 Å². The molecule has 20 heavy (non-hydrogen) atoms. The molecule has 1 aliphatic heterocycles. The molecule has 2 rings (SSSR count). The summed E-state index contributed by atoms with van der Waals surface area (Å²) in [5.41, 5.74) is 0.631. The van der Waals surface area contributed by atoms with Gasteiger partial charge in [0.25, 0.3) is 5.91 Å². The van der Waals surface area contributed by atoms with Crippen molar-refractivity contribution in [3.63, 3.8) is 0 Å². The van der Waals surface area contributed by atoms with E-state index in [2.05, 4.69) is 40.4 Å². The summed E-state index contributed by atoms with van der Waals surface area (Å²) < 4.78 is 13.5. The van der Waals surface area contributed by atoms with Crippen molar-refractivity contribution in [3.05, 3.63) is 34.1 Å². The summed E-state index contributed by atoms with van der Waals surface area (Å²) in [4.78, 5) is 12.1. The van der Waals surface area contributed by atoms with Crippen LogP contribution in [0.5, 0.6) is 0 Å². The third-order valence-electron chi connectivity index (χ3n) is 3.97. The SMILES string of the molecule is CC1(C)CCCNC1CNC(=O)c1ccc(F)cc1Br. The van der Waals surface area contributed by atoms with E-state index < -0.39 is 0 Å². The Morgan fingerprint density at radius 2 is 2.30 bits per heavy atom. The van der Waals surface area contributed by atoms with Gasteiger partial charge in [0.2, 0.25) is 0 Å². The first-order chi connectivity index (χ1) is 9.40. The molecule has 0 aromatic heterocycles. The second-order valence-corrected chi connectivity index (χ2v) is 6.79. The van der Waals surface area contributed by atoms with E-state index in [1.54, 1.807) is 0 Å². The summed E-state index contributed by atoms with van der Waals surface area (Å²) >= 11 is 3.22. The molecule has 0 spiro atoms. The van der Waals surface area contributed by atoms with Crippen molar-refractivity contribution in [1.29, 1.82) is 0 Å². The second kappa shape index (κ2) is 6.22. The van der Waals surface area contributed by atoms with E-state index in [-0.39, 0.29) is 23.2 Å². The average molecular weight is 343 g/mol. The van der Waals surface area contributed by atoms with Gasteiger partial charge >= 0.3 is 0 Å². The number of hydrogen-bond donors (Lipinski definition) is 2. The van der Waals surface area contributed by atoms with E-state index in [4.69, 9.17) is 0 Å². The van der Waals surface area contributed by atoms with Crippen molar-refractivity contribution in [2.24, 2.45) is 5.41 Å². The van der Waals surface area contributed by atoms with Gasteiger partial charge in [-0.15, -0.1) is 0 Å². The van der Waals surface area contributed by atoms with Crippen molar-refractivity contribution >= 4 is 21.8 Å². The lowest BCUT2D eigenvalue weighted by Crippen LogP contribution is -2.52. The molecule has 1 aliphatic rings. The smallest absolute Gasteiger partial charge is 0.252 e. The predicted octanol–water partition coefficient (Wildman–Crippen LogP) is 3.10. The molecule has 0 radical (unpaired) electrons. The summed E-state index contributed by atoms with van der Waals surface area (Å²) in [7, 11) is 0. The molecule has 1 saturated heterocycles. The van der Waals surface area contributed by atoms with E-state index >= 15 is 0 Å². The Kier molecular flexibility index (Phi) is 4.81. The highest BCUT2D eigenvalue weighted by Gasteiger charge is 2.32. The summed E-state index contributed by atoms with van der Waals surface area (Å²) in [6.07, 6.45) is 2.32. The fraction of sp³-hybridized carbons (Fsp3) is 0.533. The average Bonchev–Trinajstić information content (AvgIpc) is 2.36. The zero-order chi connectivity index (χ0) is 14.8. The maximum atomic E-state index is 13.0. The molecule has 1 amide bonds. The molecule has 1 unspecified atom stereocenters. The lowest BCUT2D eigenvalue weighted by Gasteiger charge is -2.39. The summed E-state index contributed by atoms with van der Waals surface area (Å²) in [6.45, 7) is 5.99. The van der Waals surface area contributed by atoms with Crippen LogP contribution >= 0.6 is 15.9 Å². The molecule has 0 bridgehead atoms. The summed E-state index contributed by atoms with van der Waals surface area (Å²) in [6, 6.07) is 4.35. The van der Waals surface area contributed by atoms with Crippen molar-refractivity contribution in [3.8, 4) is 0 Å². The van der Waals surface area contributed by atoms with Crippen LogP contribution in [0.1, 0.15) is 37.0 Å². The highest BCUT2D eigenvalue weighted by atomic mass is 79.9. The van der Waals surface area contributed by atoms with Crippen LogP contribution < -0.4 is 10.6 Å². The van der Waals surface area contributed by atoms with Gasteiger partial charge in [-0.1, -0.05) is 13.8 Å². The molecule has 1 aromatic carbocycles. The Morgan fingerprint density at radius 3 is 2.95 bits per heavy atom. The van der Waals surface area contributed by atoms with E-state index in [0.717, 1.165) is 13.0 Å². The van der Waals surface area contributed by atoms with Crippen LogP contribution in [0.2, 0.25) is 0 Å². The minimum absolute atomic E-state index is 0.172. The lowest BCUT2D eigenvalue weighted by molar-refractivity contribution is 0.0928. The Bertz CT molecular complexity index is 505.